The summed E-state index contributed by atoms with van der Waals surface area (Å²) in [5.74, 6) is 0. The Kier molecular flexibility index (Phi) is 7.25. The van der Waals surface area contributed by atoms with Crippen LogP contribution in [0.15, 0.2) is 0 Å². The molecule has 1 heterocycles. The predicted octanol–water partition coefficient (Wildman–Crippen LogP) is 3.81. The minimum Gasteiger partial charge on any atom is -0.315 e. The highest BCUT2D eigenvalue weighted by Crippen LogP contribution is 2.30. The van der Waals surface area contributed by atoms with Gasteiger partial charge in [-0.3, -0.25) is 4.90 Å². The first-order valence-corrected chi connectivity index (χ1v) is 8.11. The van der Waals surface area contributed by atoms with Crippen LogP contribution in [0.2, 0.25) is 0 Å². The summed E-state index contributed by atoms with van der Waals surface area (Å²) < 4.78 is 0. The molecule has 0 aromatic carbocycles. The average Bonchev–Trinajstić information content (AvgIpc) is 2.92. The first-order valence-electron chi connectivity index (χ1n) is 8.11. The van der Waals surface area contributed by atoms with Crippen molar-refractivity contribution in [2.75, 3.05) is 20.1 Å². The maximum Gasteiger partial charge on any atom is 0.0331 e. The third-order valence-electron chi connectivity index (χ3n) is 4.99. The number of likely N-dealkylation sites (N-methyl/N-ethyl adjacent to an activating group) is 1. The monoisotopic (exact) mass is 254 g/mol. The van der Waals surface area contributed by atoms with Gasteiger partial charge in [0, 0.05) is 11.6 Å². The van der Waals surface area contributed by atoms with Crippen molar-refractivity contribution in [1.82, 2.24) is 10.2 Å². The smallest absolute Gasteiger partial charge is 0.0331 e. The van der Waals surface area contributed by atoms with Crippen LogP contribution in [0.5, 0.6) is 0 Å². The van der Waals surface area contributed by atoms with Crippen molar-refractivity contribution in [2.45, 2.75) is 83.7 Å². The molecule has 0 aliphatic carbocycles. The van der Waals surface area contributed by atoms with Crippen LogP contribution < -0.4 is 5.32 Å². The number of nitrogens with zero attached hydrogens (tertiary/aromatic N) is 1. The Morgan fingerprint density at radius 2 is 1.78 bits per heavy atom. The summed E-state index contributed by atoms with van der Waals surface area (Å²) >= 11 is 0. The predicted molar refractivity (Wildman–Crippen MR) is 81.1 cm³/mol. The maximum absolute atomic E-state index is 3.61. The fourth-order valence-electron chi connectivity index (χ4n) is 3.46. The molecule has 0 amide bonds. The molecule has 0 aromatic rings. The molecule has 2 unspecified atom stereocenters. The summed E-state index contributed by atoms with van der Waals surface area (Å²) in [6.07, 6.45) is 10.9. The highest BCUT2D eigenvalue weighted by molar-refractivity contribution is 4.97. The lowest BCUT2D eigenvalue weighted by atomic mass is 9.84. The Balaban J connectivity index is 2.52. The van der Waals surface area contributed by atoms with Gasteiger partial charge < -0.3 is 5.32 Å². The zero-order chi connectivity index (χ0) is 13.4. The van der Waals surface area contributed by atoms with Crippen LogP contribution in [0.3, 0.4) is 0 Å². The Bertz CT molecular complexity index is 211. The molecule has 1 fully saturated rings. The molecular weight excluding hydrogens is 220 g/mol. The van der Waals surface area contributed by atoms with Gasteiger partial charge in [0.25, 0.3) is 0 Å². The van der Waals surface area contributed by atoms with Crippen molar-refractivity contribution in [1.29, 1.82) is 0 Å². The van der Waals surface area contributed by atoms with Gasteiger partial charge >= 0.3 is 0 Å². The number of hydrogen-bond donors (Lipinski definition) is 1. The van der Waals surface area contributed by atoms with Gasteiger partial charge in [0.15, 0.2) is 0 Å². The molecule has 0 spiro atoms. The minimum atomic E-state index is 0.359. The molecule has 1 aliphatic rings. The number of likely N-dealkylation sites (tertiary alicyclic amines) is 1. The largest absolute Gasteiger partial charge is 0.315 e. The van der Waals surface area contributed by atoms with Crippen LogP contribution in [0.4, 0.5) is 0 Å². The number of unbranched alkanes of at least 4 members (excludes halogenated alkanes) is 3. The Labute approximate surface area is 115 Å². The first kappa shape index (κ1) is 16.0. The molecule has 2 heteroatoms. The van der Waals surface area contributed by atoms with E-state index in [0.717, 1.165) is 0 Å². The molecular formula is C16H34N2. The summed E-state index contributed by atoms with van der Waals surface area (Å²) in [7, 11) is 2.15. The quantitative estimate of drug-likeness (QED) is 0.629. The van der Waals surface area contributed by atoms with Gasteiger partial charge in [0.2, 0.25) is 0 Å². The molecule has 18 heavy (non-hydrogen) atoms. The Hall–Kier alpha value is -0.0800. The fourth-order valence-corrected chi connectivity index (χ4v) is 3.46. The molecule has 0 radical (unpaired) electrons. The average molecular weight is 254 g/mol. The van der Waals surface area contributed by atoms with Crippen molar-refractivity contribution in [3.63, 3.8) is 0 Å². The third kappa shape index (κ3) is 3.96. The second-order valence-corrected chi connectivity index (χ2v) is 6.10. The van der Waals surface area contributed by atoms with E-state index in [2.05, 4.69) is 38.0 Å². The van der Waals surface area contributed by atoms with Crippen molar-refractivity contribution in [3.05, 3.63) is 0 Å². The van der Waals surface area contributed by atoms with E-state index in [1.165, 1.54) is 64.5 Å². The van der Waals surface area contributed by atoms with Crippen molar-refractivity contribution in [3.8, 4) is 0 Å². The standard InChI is InChI=1S/C16H34N2/c1-5-7-8-9-12-15(17-4)16(3,6-2)18-13-10-11-14-18/h15,17H,5-14H2,1-4H3. The van der Waals surface area contributed by atoms with Crippen molar-refractivity contribution in [2.24, 2.45) is 0 Å². The van der Waals surface area contributed by atoms with Crippen LogP contribution in [0, 0.1) is 0 Å². The molecule has 0 aromatic heterocycles. The normalized spacial score (nSPS) is 22.0. The lowest BCUT2D eigenvalue weighted by Crippen LogP contribution is -2.57. The van der Waals surface area contributed by atoms with E-state index < -0.39 is 0 Å². The summed E-state index contributed by atoms with van der Waals surface area (Å²) in [5.41, 5.74) is 0.359. The molecule has 1 saturated heterocycles. The molecule has 0 saturated carbocycles. The highest BCUT2D eigenvalue weighted by Gasteiger charge is 2.38. The summed E-state index contributed by atoms with van der Waals surface area (Å²) in [6.45, 7) is 9.72. The molecule has 1 N–H and O–H groups in total. The lowest BCUT2D eigenvalue weighted by Gasteiger charge is -2.44. The van der Waals surface area contributed by atoms with Gasteiger partial charge in [-0.1, -0.05) is 39.5 Å². The second kappa shape index (κ2) is 8.16. The maximum atomic E-state index is 3.61. The van der Waals surface area contributed by atoms with Crippen molar-refractivity contribution < 1.29 is 0 Å². The minimum absolute atomic E-state index is 0.359. The molecule has 1 rings (SSSR count). The molecule has 2 atom stereocenters. The first-order chi connectivity index (χ1) is 8.69. The van der Waals surface area contributed by atoms with Gasteiger partial charge in [0.1, 0.15) is 0 Å². The van der Waals surface area contributed by atoms with Gasteiger partial charge in [-0.15, -0.1) is 0 Å². The molecule has 2 nitrogen and oxygen atoms in total. The summed E-state index contributed by atoms with van der Waals surface area (Å²) in [6, 6.07) is 0.650. The van der Waals surface area contributed by atoms with E-state index in [9.17, 15) is 0 Å². The van der Waals surface area contributed by atoms with Gasteiger partial charge in [-0.05, 0) is 52.7 Å². The van der Waals surface area contributed by atoms with Crippen LogP contribution in [-0.4, -0.2) is 36.6 Å². The van der Waals surface area contributed by atoms with E-state index in [1.807, 2.05) is 0 Å². The van der Waals surface area contributed by atoms with E-state index >= 15 is 0 Å². The van der Waals surface area contributed by atoms with Gasteiger partial charge in [-0.25, -0.2) is 0 Å². The Morgan fingerprint density at radius 3 is 2.28 bits per heavy atom. The number of hydrogen-bond acceptors (Lipinski definition) is 2. The SMILES string of the molecule is CCCCCCC(NC)C(C)(CC)N1CCCC1. The molecule has 108 valence electrons. The van der Waals surface area contributed by atoms with Crippen LogP contribution in [-0.2, 0) is 0 Å². The topological polar surface area (TPSA) is 15.3 Å². The fraction of sp³-hybridized carbons (Fsp3) is 1.00. The van der Waals surface area contributed by atoms with Crippen LogP contribution in [0.25, 0.3) is 0 Å². The Morgan fingerprint density at radius 1 is 1.11 bits per heavy atom. The lowest BCUT2D eigenvalue weighted by molar-refractivity contribution is 0.0824. The molecule has 0 bridgehead atoms. The zero-order valence-electron chi connectivity index (χ0n) is 13.1. The van der Waals surface area contributed by atoms with Crippen LogP contribution in [0.1, 0.15) is 72.1 Å². The summed E-state index contributed by atoms with van der Waals surface area (Å²) in [5, 5.41) is 3.61. The van der Waals surface area contributed by atoms with Gasteiger partial charge in [-0.2, -0.15) is 0 Å². The highest BCUT2D eigenvalue weighted by atomic mass is 15.2. The third-order valence-corrected chi connectivity index (χ3v) is 4.99. The van der Waals surface area contributed by atoms with E-state index in [-0.39, 0.29) is 0 Å². The molecule has 1 aliphatic heterocycles. The number of rotatable bonds is 9. The number of nitrogens with one attached hydrogen (secondary N) is 1. The van der Waals surface area contributed by atoms with Crippen LogP contribution >= 0.6 is 0 Å². The second-order valence-electron chi connectivity index (χ2n) is 6.10. The van der Waals surface area contributed by atoms with E-state index in [1.54, 1.807) is 0 Å². The van der Waals surface area contributed by atoms with E-state index in [4.69, 9.17) is 0 Å². The van der Waals surface area contributed by atoms with E-state index in [0.29, 0.717) is 11.6 Å². The summed E-state index contributed by atoms with van der Waals surface area (Å²) in [4.78, 5) is 2.73. The van der Waals surface area contributed by atoms with Crippen molar-refractivity contribution >= 4 is 0 Å². The van der Waals surface area contributed by atoms with Gasteiger partial charge in [0.05, 0.1) is 0 Å². The zero-order valence-corrected chi connectivity index (χ0v) is 13.1.